The fourth-order valence-corrected chi connectivity index (χ4v) is 3.84. The Morgan fingerprint density at radius 1 is 1.10 bits per heavy atom. The number of halogens is 2. The molecule has 0 bridgehead atoms. The Morgan fingerprint density at radius 2 is 1.77 bits per heavy atom. The number of benzene rings is 2. The number of rotatable bonds is 10. The zero-order chi connectivity index (χ0) is 23.0. The Balaban J connectivity index is 2.28. The molecule has 2 rings (SSSR count). The second kappa shape index (κ2) is 12.0. The molecule has 0 saturated heterocycles. The minimum absolute atomic E-state index is 0.117. The highest BCUT2D eigenvalue weighted by Crippen LogP contribution is 2.27. The summed E-state index contributed by atoms with van der Waals surface area (Å²) in [6, 6.07) is 10.3. The Kier molecular flexibility index (Phi) is 9.66. The van der Waals surface area contributed by atoms with Crippen LogP contribution in [0.3, 0.4) is 0 Å². The molecule has 0 heterocycles. The molecule has 1 N–H and O–H groups in total. The van der Waals surface area contributed by atoms with Gasteiger partial charge in [-0.25, -0.2) is 0 Å². The average Bonchev–Trinajstić information content (AvgIpc) is 2.73. The van der Waals surface area contributed by atoms with Crippen LogP contribution in [0.2, 0.25) is 10.0 Å². The fraction of sp³-hybridized carbons (Fsp3) is 0.417. The quantitative estimate of drug-likeness (QED) is 0.517. The highest BCUT2D eigenvalue weighted by Gasteiger charge is 2.30. The number of carbonyl (C=O) groups excluding carboxylic acids is 2. The standard InChI is InChI=1S/C24H30Cl2N2O3/c1-5-12-27-24(30)21(6-2)28(14-18-19(25)8-7-9-20(18)26)23(29)15-31-22-11-10-16(3)13-17(22)4/h7-11,13,21H,5-6,12,14-15H2,1-4H3,(H,27,30)/t21-/m1/s1. The van der Waals surface area contributed by atoms with Crippen LogP contribution in [0.25, 0.3) is 0 Å². The lowest BCUT2D eigenvalue weighted by Gasteiger charge is -2.31. The van der Waals surface area contributed by atoms with Crippen LogP contribution in [-0.2, 0) is 16.1 Å². The second-order valence-corrected chi connectivity index (χ2v) is 8.31. The van der Waals surface area contributed by atoms with Gasteiger partial charge in [-0.15, -0.1) is 0 Å². The molecule has 31 heavy (non-hydrogen) atoms. The highest BCUT2D eigenvalue weighted by molar-refractivity contribution is 6.36. The summed E-state index contributed by atoms with van der Waals surface area (Å²) in [7, 11) is 0. The van der Waals surface area contributed by atoms with Crippen LogP contribution in [0.15, 0.2) is 36.4 Å². The lowest BCUT2D eigenvalue weighted by Crippen LogP contribution is -2.50. The van der Waals surface area contributed by atoms with Gasteiger partial charge in [0, 0.05) is 28.7 Å². The molecule has 0 spiro atoms. The van der Waals surface area contributed by atoms with Gasteiger partial charge in [0.25, 0.3) is 5.91 Å². The normalized spacial score (nSPS) is 11.7. The van der Waals surface area contributed by atoms with Gasteiger partial charge >= 0.3 is 0 Å². The molecule has 0 unspecified atom stereocenters. The van der Waals surface area contributed by atoms with E-state index in [9.17, 15) is 9.59 Å². The number of nitrogens with zero attached hydrogens (tertiary/aromatic N) is 1. The molecule has 2 aromatic rings. The molecule has 5 nitrogen and oxygen atoms in total. The monoisotopic (exact) mass is 464 g/mol. The number of hydrogen-bond donors (Lipinski definition) is 1. The van der Waals surface area contributed by atoms with E-state index < -0.39 is 6.04 Å². The van der Waals surface area contributed by atoms with Crippen molar-refractivity contribution in [1.29, 1.82) is 0 Å². The first kappa shape index (κ1) is 25.0. The zero-order valence-corrected chi connectivity index (χ0v) is 20.0. The highest BCUT2D eigenvalue weighted by atomic mass is 35.5. The summed E-state index contributed by atoms with van der Waals surface area (Å²) in [5, 5.41) is 3.78. The van der Waals surface area contributed by atoms with E-state index in [1.165, 1.54) is 4.90 Å². The maximum atomic E-state index is 13.2. The van der Waals surface area contributed by atoms with E-state index in [4.69, 9.17) is 27.9 Å². The van der Waals surface area contributed by atoms with Crippen LogP contribution >= 0.6 is 23.2 Å². The van der Waals surface area contributed by atoms with Crippen molar-refractivity contribution in [3.63, 3.8) is 0 Å². The number of hydrogen-bond acceptors (Lipinski definition) is 3. The Bertz CT molecular complexity index is 897. The van der Waals surface area contributed by atoms with Crippen LogP contribution < -0.4 is 10.1 Å². The average molecular weight is 465 g/mol. The molecule has 1 atom stereocenters. The number of aryl methyl sites for hydroxylation is 2. The number of nitrogens with one attached hydrogen (secondary N) is 1. The van der Waals surface area contributed by atoms with Gasteiger partial charge in [0.2, 0.25) is 5.91 Å². The molecular formula is C24H30Cl2N2O3. The SMILES string of the molecule is CCCNC(=O)[C@@H](CC)N(Cc1c(Cl)cccc1Cl)C(=O)COc1ccc(C)cc1C. The van der Waals surface area contributed by atoms with E-state index >= 15 is 0 Å². The Morgan fingerprint density at radius 3 is 2.35 bits per heavy atom. The number of amides is 2. The van der Waals surface area contributed by atoms with Gasteiger partial charge < -0.3 is 15.0 Å². The van der Waals surface area contributed by atoms with Gasteiger partial charge in [-0.2, -0.15) is 0 Å². The first-order chi connectivity index (χ1) is 14.8. The van der Waals surface area contributed by atoms with Gasteiger partial charge in [0.1, 0.15) is 11.8 Å². The first-order valence-corrected chi connectivity index (χ1v) is 11.2. The molecule has 2 amide bonds. The van der Waals surface area contributed by atoms with Crippen molar-refractivity contribution in [3.05, 3.63) is 63.1 Å². The van der Waals surface area contributed by atoms with Gasteiger partial charge in [-0.1, -0.05) is 60.8 Å². The third kappa shape index (κ3) is 6.88. The molecule has 7 heteroatoms. The lowest BCUT2D eigenvalue weighted by atomic mass is 10.1. The third-order valence-corrected chi connectivity index (χ3v) is 5.72. The molecule has 0 aliphatic heterocycles. The van der Waals surface area contributed by atoms with E-state index in [0.717, 1.165) is 17.5 Å². The van der Waals surface area contributed by atoms with Gasteiger partial charge in [-0.05, 0) is 50.5 Å². The van der Waals surface area contributed by atoms with Crippen LogP contribution in [0.5, 0.6) is 5.75 Å². The first-order valence-electron chi connectivity index (χ1n) is 10.5. The summed E-state index contributed by atoms with van der Waals surface area (Å²) in [6.07, 6.45) is 1.26. The minimum Gasteiger partial charge on any atom is -0.483 e. The van der Waals surface area contributed by atoms with Crippen molar-refractivity contribution in [2.24, 2.45) is 0 Å². The molecular weight excluding hydrogens is 435 g/mol. The van der Waals surface area contributed by atoms with Crippen molar-refractivity contribution in [2.45, 2.75) is 53.1 Å². The van der Waals surface area contributed by atoms with Crippen molar-refractivity contribution in [3.8, 4) is 5.75 Å². The second-order valence-electron chi connectivity index (χ2n) is 7.49. The molecule has 0 fully saturated rings. The summed E-state index contributed by atoms with van der Waals surface area (Å²) in [6.45, 7) is 8.25. The summed E-state index contributed by atoms with van der Waals surface area (Å²) in [4.78, 5) is 27.5. The lowest BCUT2D eigenvalue weighted by molar-refractivity contribution is -0.143. The maximum Gasteiger partial charge on any atom is 0.261 e. The van der Waals surface area contributed by atoms with Crippen molar-refractivity contribution in [1.82, 2.24) is 10.2 Å². The maximum absolute atomic E-state index is 13.2. The van der Waals surface area contributed by atoms with Gasteiger partial charge in [0.15, 0.2) is 6.61 Å². The summed E-state index contributed by atoms with van der Waals surface area (Å²) < 4.78 is 5.80. The number of ether oxygens (including phenoxy) is 1. The predicted molar refractivity (Wildman–Crippen MR) is 126 cm³/mol. The summed E-state index contributed by atoms with van der Waals surface area (Å²) >= 11 is 12.7. The predicted octanol–water partition coefficient (Wildman–Crippen LogP) is 5.32. The molecule has 0 aliphatic rings. The largest absolute Gasteiger partial charge is 0.483 e. The number of carbonyl (C=O) groups is 2. The fourth-order valence-electron chi connectivity index (χ4n) is 3.32. The van der Waals surface area contributed by atoms with Crippen molar-refractivity contribution < 1.29 is 14.3 Å². The van der Waals surface area contributed by atoms with Crippen LogP contribution in [-0.4, -0.2) is 35.9 Å². The van der Waals surface area contributed by atoms with Crippen molar-refractivity contribution in [2.75, 3.05) is 13.2 Å². The van der Waals surface area contributed by atoms with E-state index in [1.807, 2.05) is 45.9 Å². The molecule has 0 aliphatic carbocycles. The Labute approximate surface area is 194 Å². The van der Waals surface area contributed by atoms with E-state index in [2.05, 4.69) is 5.32 Å². The van der Waals surface area contributed by atoms with Crippen LogP contribution in [0, 0.1) is 13.8 Å². The molecule has 0 radical (unpaired) electrons. The van der Waals surface area contributed by atoms with Crippen molar-refractivity contribution >= 4 is 35.0 Å². The summed E-state index contributed by atoms with van der Waals surface area (Å²) in [5.74, 6) is 0.125. The topological polar surface area (TPSA) is 58.6 Å². The Hall–Kier alpha value is -2.24. The van der Waals surface area contributed by atoms with Crippen LogP contribution in [0.1, 0.15) is 43.4 Å². The van der Waals surface area contributed by atoms with E-state index in [0.29, 0.717) is 34.3 Å². The van der Waals surface area contributed by atoms with Gasteiger partial charge in [-0.3, -0.25) is 9.59 Å². The van der Waals surface area contributed by atoms with Gasteiger partial charge in [0.05, 0.1) is 0 Å². The van der Waals surface area contributed by atoms with E-state index in [1.54, 1.807) is 18.2 Å². The summed E-state index contributed by atoms with van der Waals surface area (Å²) in [5.41, 5.74) is 2.67. The van der Waals surface area contributed by atoms with E-state index in [-0.39, 0.29) is 25.0 Å². The molecule has 2 aromatic carbocycles. The molecule has 0 aromatic heterocycles. The smallest absolute Gasteiger partial charge is 0.261 e. The zero-order valence-electron chi connectivity index (χ0n) is 18.5. The third-order valence-electron chi connectivity index (χ3n) is 5.01. The van der Waals surface area contributed by atoms with Crippen LogP contribution in [0.4, 0.5) is 0 Å². The molecule has 168 valence electrons. The minimum atomic E-state index is -0.658. The molecule has 0 saturated carbocycles.